The molecule has 2 nitrogen and oxygen atoms in total. The third-order valence-electron chi connectivity index (χ3n) is 1.80. The van der Waals surface area contributed by atoms with E-state index in [2.05, 4.69) is 13.5 Å². The van der Waals surface area contributed by atoms with Crippen molar-refractivity contribution in [3.8, 4) is 5.75 Å². The number of hydrogen-bond acceptors (Lipinski definition) is 2. The molecule has 0 fully saturated rings. The number of rotatable bonds is 5. The average molecular weight is 190 g/mol. The Hall–Kier alpha value is -1.57. The van der Waals surface area contributed by atoms with Gasteiger partial charge in [-0.3, -0.25) is 4.79 Å². The minimum Gasteiger partial charge on any atom is -0.494 e. The third-order valence-corrected chi connectivity index (χ3v) is 1.80. The van der Waals surface area contributed by atoms with Crippen molar-refractivity contribution in [1.82, 2.24) is 0 Å². The summed E-state index contributed by atoms with van der Waals surface area (Å²) in [6.07, 6.45) is 2.29. The van der Waals surface area contributed by atoms with Gasteiger partial charge in [0.1, 0.15) is 5.75 Å². The molecule has 0 heterocycles. The van der Waals surface area contributed by atoms with Crippen LogP contribution in [0.15, 0.2) is 36.9 Å². The van der Waals surface area contributed by atoms with Crippen molar-refractivity contribution < 1.29 is 9.53 Å². The number of ketones is 1. The second-order valence-corrected chi connectivity index (χ2v) is 2.94. The van der Waals surface area contributed by atoms with Crippen LogP contribution in [0.4, 0.5) is 0 Å². The van der Waals surface area contributed by atoms with E-state index in [1.807, 2.05) is 0 Å². The summed E-state index contributed by atoms with van der Waals surface area (Å²) in [7, 11) is 0. The van der Waals surface area contributed by atoms with Crippen LogP contribution in [0, 0.1) is 0 Å². The molecule has 0 spiro atoms. The molecule has 0 aliphatic carbocycles. The summed E-state index contributed by atoms with van der Waals surface area (Å²) in [4.78, 5) is 11.2. The SMILES string of the molecule is C=CC(=O)c1ccc(OCCC)cc1. The van der Waals surface area contributed by atoms with Gasteiger partial charge in [0.05, 0.1) is 6.61 Å². The molecule has 2 heteroatoms. The fraction of sp³-hybridized carbons (Fsp3) is 0.250. The van der Waals surface area contributed by atoms with E-state index in [9.17, 15) is 4.79 Å². The van der Waals surface area contributed by atoms with Crippen LogP contribution in [-0.4, -0.2) is 12.4 Å². The second kappa shape index (κ2) is 5.22. The van der Waals surface area contributed by atoms with Crippen LogP contribution < -0.4 is 4.74 Å². The summed E-state index contributed by atoms with van der Waals surface area (Å²) >= 11 is 0. The Labute approximate surface area is 84.2 Å². The Morgan fingerprint density at radius 1 is 1.43 bits per heavy atom. The largest absolute Gasteiger partial charge is 0.494 e. The van der Waals surface area contributed by atoms with Crippen molar-refractivity contribution in [2.24, 2.45) is 0 Å². The van der Waals surface area contributed by atoms with Crippen LogP contribution in [-0.2, 0) is 0 Å². The van der Waals surface area contributed by atoms with Gasteiger partial charge in [-0.25, -0.2) is 0 Å². The molecule has 1 aromatic rings. The molecule has 0 atom stereocenters. The van der Waals surface area contributed by atoms with E-state index in [0.717, 1.165) is 12.2 Å². The first kappa shape index (κ1) is 10.5. The highest BCUT2D eigenvalue weighted by Gasteiger charge is 2.00. The molecule has 0 aliphatic rings. The summed E-state index contributed by atoms with van der Waals surface area (Å²) in [6, 6.07) is 7.09. The molecular formula is C12H14O2. The quantitative estimate of drug-likeness (QED) is 0.527. The normalized spacial score (nSPS) is 9.50. The molecule has 0 N–H and O–H groups in total. The van der Waals surface area contributed by atoms with E-state index in [1.54, 1.807) is 24.3 Å². The van der Waals surface area contributed by atoms with Crippen LogP contribution >= 0.6 is 0 Å². The Bertz CT molecular complexity index is 312. The molecule has 0 unspecified atom stereocenters. The minimum absolute atomic E-state index is 0.0629. The van der Waals surface area contributed by atoms with Gasteiger partial charge in [-0.05, 0) is 36.8 Å². The summed E-state index contributed by atoms with van der Waals surface area (Å²) in [5, 5.41) is 0. The zero-order chi connectivity index (χ0) is 10.4. The lowest BCUT2D eigenvalue weighted by atomic mass is 10.1. The number of allylic oxidation sites excluding steroid dienone is 1. The van der Waals surface area contributed by atoms with E-state index in [1.165, 1.54) is 6.08 Å². The van der Waals surface area contributed by atoms with E-state index in [-0.39, 0.29) is 5.78 Å². The van der Waals surface area contributed by atoms with E-state index < -0.39 is 0 Å². The maximum Gasteiger partial charge on any atom is 0.185 e. The first-order chi connectivity index (χ1) is 6.77. The Kier molecular flexibility index (Phi) is 3.92. The number of ether oxygens (including phenoxy) is 1. The fourth-order valence-corrected chi connectivity index (χ4v) is 1.05. The van der Waals surface area contributed by atoms with Crippen LogP contribution in [0.2, 0.25) is 0 Å². The minimum atomic E-state index is -0.0629. The number of benzene rings is 1. The Morgan fingerprint density at radius 2 is 2.07 bits per heavy atom. The highest BCUT2D eigenvalue weighted by atomic mass is 16.5. The van der Waals surface area contributed by atoms with Crippen LogP contribution in [0.1, 0.15) is 23.7 Å². The zero-order valence-electron chi connectivity index (χ0n) is 8.32. The highest BCUT2D eigenvalue weighted by Crippen LogP contribution is 2.12. The van der Waals surface area contributed by atoms with Crippen LogP contribution in [0.5, 0.6) is 5.75 Å². The van der Waals surface area contributed by atoms with Gasteiger partial charge in [-0.1, -0.05) is 13.5 Å². The van der Waals surface area contributed by atoms with Crippen molar-refractivity contribution in [3.05, 3.63) is 42.5 Å². The molecule has 1 aromatic carbocycles. The first-order valence-corrected chi connectivity index (χ1v) is 4.67. The third kappa shape index (κ3) is 2.73. The van der Waals surface area contributed by atoms with Crippen LogP contribution in [0.25, 0.3) is 0 Å². The van der Waals surface area contributed by atoms with E-state index >= 15 is 0 Å². The molecule has 0 aliphatic heterocycles. The maximum absolute atomic E-state index is 11.2. The predicted molar refractivity (Wildman–Crippen MR) is 56.8 cm³/mol. The molecule has 74 valence electrons. The van der Waals surface area contributed by atoms with E-state index in [0.29, 0.717) is 12.2 Å². The smallest absolute Gasteiger partial charge is 0.185 e. The number of carbonyl (C=O) groups is 1. The molecular weight excluding hydrogens is 176 g/mol. The molecule has 14 heavy (non-hydrogen) atoms. The van der Waals surface area contributed by atoms with Gasteiger partial charge in [0.25, 0.3) is 0 Å². The zero-order valence-corrected chi connectivity index (χ0v) is 8.32. The molecule has 0 saturated carbocycles. The Balaban J connectivity index is 2.68. The van der Waals surface area contributed by atoms with Gasteiger partial charge in [0.2, 0.25) is 0 Å². The van der Waals surface area contributed by atoms with E-state index in [4.69, 9.17) is 4.74 Å². The van der Waals surface area contributed by atoms with Gasteiger partial charge in [0.15, 0.2) is 5.78 Å². The summed E-state index contributed by atoms with van der Waals surface area (Å²) in [5.41, 5.74) is 0.642. The molecule has 0 bridgehead atoms. The van der Waals surface area contributed by atoms with Gasteiger partial charge >= 0.3 is 0 Å². The van der Waals surface area contributed by atoms with Crippen molar-refractivity contribution >= 4 is 5.78 Å². The first-order valence-electron chi connectivity index (χ1n) is 4.67. The lowest BCUT2D eigenvalue weighted by molar-refractivity contribution is 0.104. The molecule has 0 aromatic heterocycles. The van der Waals surface area contributed by atoms with Gasteiger partial charge in [0, 0.05) is 5.56 Å². The van der Waals surface area contributed by atoms with Crippen molar-refractivity contribution in [1.29, 1.82) is 0 Å². The standard InChI is InChI=1S/C12H14O2/c1-3-9-14-11-7-5-10(6-8-11)12(13)4-2/h4-8H,2-3,9H2,1H3. The lowest BCUT2D eigenvalue weighted by Gasteiger charge is -2.04. The molecule has 1 rings (SSSR count). The molecule has 0 saturated heterocycles. The molecule has 0 amide bonds. The summed E-state index contributed by atoms with van der Waals surface area (Å²) < 4.78 is 5.39. The Morgan fingerprint density at radius 3 is 2.57 bits per heavy atom. The lowest BCUT2D eigenvalue weighted by Crippen LogP contribution is -1.96. The average Bonchev–Trinajstić information content (AvgIpc) is 2.26. The molecule has 0 radical (unpaired) electrons. The number of hydrogen-bond donors (Lipinski definition) is 0. The van der Waals surface area contributed by atoms with Crippen molar-refractivity contribution in [2.75, 3.05) is 6.61 Å². The van der Waals surface area contributed by atoms with Gasteiger partial charge in [-0.2, -0.15) is 0 Å². The predicted octanol–water partition coefficient (Wildman–Crippen LogP) is 2.84. The van der Waals surface area contributed by atoms with Crippen molar-refractivity contribution in [2.45, 2.75) is 13.3 Å². The van der Waals surface area contributed by atoms with Crippen LogP contribution in [0.3, 0.4) is 0 Å². The highest BCUT2D eigenvalue weighted by molar-refractivity contribution is 6.04. The topological polar surface area (TPSA) is 26.3 Å². The monoisotopic (exact) mass is 190 g/mol. The van der Waals surface area contributed by atoms with Gasteiger partial charge < -0.3 is 4.74 Å². The van der Waals surface area contributed by atoms with Crippen molar-refractivity contribution in [3.63, 3.8) is 0 Å². The maximum atomic E-state index is 11.2. The second-order valence-electron chi connectivity index (χ2n) is 2.94. The number of carbonyl (C=O) groups excluding carboxylic acids is 1. The fourth-order valence-electron chi connectivity index (χ4n) is 1.05. The summed E-state index contributed by atoms with van der Waals surface area (Å²) in [6.45, 7) is 6.18. The van der Waals surface area contributed by atoms with Gasteiger partial charge in [-0.15, -0.1) is 0 Å². The summed E-state index contributed by atoms with van der Waals surface area (Å²) in [5.74, 6) is 0.736.